The molecule has 1 aromatic carbocycles. The van der Waals surface area contributed by atoms with Gasteiger partial charge in [-0.3, -0.25) is 9.80 Å². The van der Waals surface area contributed by atoms with Gasteiger partial charge in [-0.1, -0.05) is 18.2 Å². The fourth-order valence-corrected chi connectivity index (χ4v) is 5.70. The molecular formula is C21H28N4O. The lowest BCUT2D eigenvalue weighted by Crippen LogP contribution is -2.60. The molecule has 138 valence electrons. The van der Waals surface area contributed by atoms with Crippen LogP contribution in [0.1, 0.15) is 30.1 Å². The van der Waals surface area contributed by atoms with E-state index < -0.39 is 0 Å². The predicted octanol–water partition coefficient (Wildman–Crippen LogP) is 2.49. The number of hydrogen-bond donors (Lipinski definition) is 0. The summed E-state index contributed by atoms with van der Waals surface area (Å²) in [7, 11) is 3.90. The molecule has 0 unspecified atom stereocenters. The van der Waals surface area contributed by atoms with Gasteiger partial charge in [0.1, 0.15) is 11.6 Å². The average Bonchev–Trinajstić information content (AvgIpc) is 3.28. The van der Waals surface area contributed by atoms with E-state index in [4.69, 9.17) is 4.74 Å². The van der Waals surface area contributed by atoms with Crippen molar-refractivity contribution in [2.45, 2.75) is 37.4 Å². The minimum absolute atomic E-state index is 0.513. The van der Waals surface area contributed by atoms with Crippen molar-refractivity contribution in [3.8, 4) is 5.75 Å². The van der Waals surface area contributed by atoms with Gasteiger partial charge < -0.3 is 9.30 Å². The Morgan fingerprint density at radius 2 is 1.96 bits per heavy atom. The van der Waals surface area contributed by atoms with Crippen LogP contribution < -0.4 is 4.74 Å². The second kappa shape index (κ2) is 6.39. The highest BCUT2D eigenvalue weighted by atomic mass is 16.5. The van der Waals surface area contributed by atoms with Gasteiger partial charge in [0, 0.05) is 49.6 Å². The third-order valence-electron chi connectivity index (χ3n) is 6.90. The van der Waals surface area contributed by atoms with Crippen LogP contribution in [0.5, 0.6) is 5.75 Å². The third kappa shape index (κ3) is 2.48. The number of aryl methyl sites for hydroxylation is 1. The summed E-state index contributed by atoms with van der Waals surface area (Å²) >= 11 is 0. The molecule has 0 aliphatic carbocycles. The van der Waals surface area contributed by atoms with E-state index in [0.29, 0.717) is 18.0 Å². The number of piperidine rings is 3. The molecule has 5 heteroatoms. The van der Waals surface area contributed by atoms with Crippen LogP contribution in [0.2, 0.25) is 0 Å². The Balaban J connectivity index is 1.51. The quantitative estimate of drug-likeness (QED) is 0.847. The molecule has 1 aromatic heterocycles. The number of hydrogen-bond acceptors (Lipinski definition) is 4. The van der Waals surface area contributed by atoms with Gasteiger partial charge in [-0.2, -0.15) is 0 Å². The molecule has 3 atom stereocenters. The van der Waals surface area contributed by atoms with Gasteiger partial charge >= 0.3 is 0 Å². The van der Waals surface area contributed by atoms with Gasteiger partial charge in [0.25, 0.3) is 0 Å². The number of benzene rings is 1. The van der Waals surface area contributed by atoms with Gasteiger partial charge in [-0.05, 0) is 37.9 Å². The molecule has 4 saturated heterocycles. The zero-order chi connectivity index (χ0) is 17.7. The Labute approximate surface area is 155 Å². The molecular weight excluding hydrogens is 324 g/mol. The van der Waals surface area contributed by atoms with Gasteiger partial charge in [0.15, 0.2) is 0 Å². The van der Waals surface area contributed by atoms with E-state index >= 15 is 0 Å². The number of likely N-dealkylation sites (tertiary alicyclic amines) is 1. The van der Waals surface area contributed by atoms with E-state index in [0.717, 1.165) is 24.8 Å². The molecule has 4 aliphatic heterocycles. The van der Waals surface area contributed by atoms with Crippen molar-refractivity contribution in [3.05, 3.63) is 48.0 Å². The Hall–Kier alpha value is -1.85. The van der Waals surface area contributed by atoms with Gasteiger partial charge in [0.05, 0.1) is 13.7 Å². The zero-order valence-electron chi connectivity index (χ0n) is 15.7. The number of ether oxygens (including phenoxy) is 1. The molecule has 0 amide bonds. The van der Waals surface area contributed by atoms with Crippen LogP contribution in [0, 0.1) is 5.92 Å². The van der Waals surface area contributed by atoms with E-state index in [9.17, 15) is 0 Å². The predicted molar refractivity (Wildman–Crippen MR) is 101 cm³/mol. The summed E-state index contributed by atoms with van der Waals surface area (Å²) in [6.07, 6.45) is 6.65. The number of fused-ring (bicyclic) bond motifs is 2. The number of aromatic nitrogens is 2. The summed E-state index contributed by atoms with van der Waals surface area (Å²) in [5, 5.41) is 0. The van der Waals surface area contributed by atoms with Crippen LogP contribution in [0.25, 0.3) is 0 Å². The molecule has 5 nitrogen and oxygen atoms in total. The molecule has 4 aliphatic rings. The number of nitrogens with zero attached hydrogens (tertiary/aromatic N) is 4. The average molecular weight is 352 g/mol. The first-order valence-electron chi connectivity index (χ1n) is 9.83. The van der Waals surface area contributed by atoms with Crippen LogP contribution >= 0.6 is 0 Å². The van der Waals surface area contributed by atoms with Gasteiger partial charge in [-0.25, -0.2) is 4.98 Å². The first kappa shape index (κ1) is 16.3. The molecule has 0 spiro atoms. The maximum Gasteiger partial charge on any atom is 0.122 e. The van der Waals surface area contributed by atoms with E-state index in [-0.39, 0.29) is 0 Å². The molecule has 26 heavy (non-hydrogen) atoms. The Morgan fingerprint density at radius 3 is 2.69 bits per heavy atom. The number of rotatable bonds is 4. The van der Waals surface area contributed by atoms with Crippen molar-refractivity contribution >= 4 is 0 Å². The first-order valence-corrected chi connectivity index (χ1v) is 9.83. The second-order valence-electron chi connectivity index (χ2n) is 8.09. The van der Waals surface area contributed by atoms with E-state index in [1.54, 1.807) is 7.11 Å². The lowest BCUT2D eigenvalue weighted by molar-refractivity contribution is -0.00957. The van der Waals surface area contributed by atoms with Crippen molar-refractivity contribution in [2.75, 3.05) is 26.7 Å². The van der Waals surface area contributed by atoms with E-state index in [1.807, 2.05) is 6.20 Å². The summed E-state index contributed by atoms with van der Waals surface area (Å²) in [5.41, 5.74) is 1.37. The van der Waals surface area contributed by atoms with Crippen LogP contribution in [0.4, 0.5) is 0 Å². The highest BCUT2D eigenvalue weighted by molar-refractivity contribution is 5.39. The topological polar surface area (TPSA) is 33.5 Å². The summed E-state index contributed by atoms with van der Waals surface area (Å²) < 4.78 is 7.88. The van der Waals surface area contributed by atoms with Crippen LogP contribution in [-0.4, -0.2) is 58.2 Å². The summed E-state index contributed by atoms with van der Waals surface area (Å²) in [6.45, 7) is 4.55. The smallest absolute Gasteiger partial charge is 0.122 e. The third-order valence-corrected chi connectivity index (χ3v) is 6.90. The molecule has 0 saturated carbocycles. The molecule has 2 aromatic rings. The monoisotopic (exact) mass is 352 g/mol. The lowest BCUT2D eigenvalue weighted by Gasteiger charge is -2.51. The number of imidazole rings is 1. The molecule has 0 radical (unpaired) electrons. The number of para-hydroxylation sites is 1. The second-order valence-corrected chi connectivity index (χ2v) is 8.09. The summed E-state index contributed by atoms with van der Waals surface area (Å²) in [4.78, 5) is 10.1. The van der Waals surface area contributed by atoms with Crippen molar-refractivity contribution < 1.29 is 4.74 Å². The van der Waals surface area contributed by atoms with Crippen molar-refractivity contribution in [3.63, 3.8) is 0 Å². The lowest BCUT2D eigenvalue weighted by atomic mass is 9.75. The van der Waals surface area contributed by atoms with Crippen LogP contribution in [-0.2, 0) is 13.6 Å². The maximum atomic E-state index is 5.72. The van der Waals surface area contributed by atoms with Crippen molar-refractivity contribution in [1.82, 2.24) is 19.4 Å². The SMILES string of the molecule is COc1ccccc1[C@H]1CN(Cc2nccn2C)[C@H]2C3CCN(CC3)[C@@H]12. The minimum atomic E-state index is 0.513. The van der Waals surface area contributed by atoms with Crippen molar-refractivity contribution in [2.24, 2.45) is 13.0 Å². The normalized spacial score (nSPS) is 33.4. The van der Waals surface area contributed by atoms with Gasteiger partial charge in [-0.15, -0.1) is 0 Å². The van der Waals surface area contributed by atoms with Crippen molar-refractivity contribution in [1.29, 1.82) is 0 Å². The summed E-state index contributed by atoms with van der Waals surface area (Å²) in [6, 6.07) is 9.87. The van der Waals surface area contributed by atoms with Crippen LogP contribution in [0.3, 0.4) is 0 Å². The van der Waals surface area contributed by atoms with Gasteiger partial charge in [0.2, 0.25) is 0 Å². The largest absolute Gasteiger partial charge is 0.496 e. The fourth-order valence-electron chi connectivity index (χ4n) is 5.70. The maximum absolute atomic E-state index is 5.72. The fraction of sp³-hybridized carbons (Fsp3) is 0.571. The number of methoxy groups -OCH3 is 1. The molecule has 5 heterocycles. The Morgan fingerprint density at radius 1 is 1.15 bits per heavy atom. The molecule has 2 bridgehead atoms. The Bertz CT molecular complexity index is 780. The Kier molecular flexibility index (Phi) is 4.02. The highest BCUT2D eigenvalue weighted by Gasteiger charge is 2.53. The standard InChI is InChI=1S/C21H28N4O/c1-23-12-9-22-19(23)14-25-13-17(16-5-3-4-6-18(16)26-2)21-20(25)15-7-10-24(21)11-8-15/h3-6,9,12,15,17,20-21H,7-8,10-11,13-14H2,1-2H3/t17-,20+,21+/m1/s1. The van der Waals surface area contributed by atoms with E-state index in [2.05, 4.69) is 56.9 Å². The minimum Gasteiger partial charge on any atom is -0.496 e. The first-order chi connectivity index (χ1) is 12.8. The molecule has 6 rings (SSSR count). The van der Waals surface area contributed by atoms with E-state index in [1.165, 1.54) is 37.3 Å². The molecule has 4 fully saturated rings. The highest BCUT2D eigenvalue weighted by Crippen LogP contribution is 2.48. The zero-order valence-corrected chi connectivity index (χ0v) is 15.7. The summed E-state index contributed by atoms with van der Waals surface area (Å²) in [5.74, 6) is 3.54. The molecule has 0 N–H and O–H groups in total. The van der Waals surface area contributed by atoms with Crippen LogP contribution in [0.15, 0.2) is 36.7 Å².